The number of hydrogen-bond donors (Lipinski definition) is 10. The second-order valence-electron chi connectivity index (χ2n) is 10.2. The molecule has 4 rings (SSSR count). The number of phenols is 8. The van der Waals surface area contributed by atoms with E-state index >= 15 is 0 Å². The highest BCUT2D eigenvalue weighted by Crippen LogP contribution is 2.38. The lowest BCUT2D eigenvalue weighted by atomic mass is 9.95. The Balaban J connectivity index is 1.52. The molecule has 48 heavy (non-hydrogen) atoms. The molecule has 0 saturated heterocycles. The average molecular weight is 661 g/mol. The number of rotatable bonds is 9. The van der Waals surface area contributed by atoms with Crippen molar-refractivity contribution in [3.63, 3.8) is 0 Å². The van der Waals surface area contributed by atoms with Gasteiger partial charge in [-0.25, -0.2) is 9.59 Å². The van der Waals surface area contributed by atoms with Gasteiger partial charge in [0.15, 0.2) is 57.5 Å². The molecule has 0 heterocycles. The molecule has 0 aromatic heterocycles. The molecule has 0 bridgehead atoms. The summed E-state index contributed by atoms with van der Waals surface area (Å²) >= 11 is 0. The molecular weight excluding hydrogens is 632 g/mol. The van der Waals surface area contributed by atoms with E-state index in [1.807, 2.05) is 0 Å². The maximum Gasteiger partial charge on any atom is 0.343 e. The van der Waals surface area contributed by atoms with Crippen molar-refractivity contribution in [2.24, 2.45) is 0 Å². The van der Waals surface area contributed by atoms with Crippen LogP contribution in [-0.2, 0) is 12.8 Å². The zero-order valence-electron chi connectivity index (χ0n) is 24.7. The van der Waals surface area contributed by atoms with Crippen LogP contribution in [-0.4, -0.2) is 76.2 Å². The van der Waals surface area contributed by atoms with Gasteiger partial charge in [-0.15, -0.1) is 0 Å². The van der Waals surface area contributed by atoms with E-state index in [9.17, 15) is 60.7 Å². The number of esters is 2. The Morgan fingerprint density at radius 1 is 0.562 bits per heavy atom. The van der Waals surface area contributed by atoms with Crippen LogP contribution < -0.4 is 9.47 Å². The van der Waals surface area contributed by atoms with Crippen LogP contribution in [0.3, 0.4) is 0 Å². The quantitative estimate of drug-likeness (QED) is 0.0536. The van der Waals surface area contributed by atoms with Crippen molar-refractivity contribution in [3.8, 4) is 69.3 Å². The second kappa shape index (κ2) is 14.7. The van der Waals surface area contributed by atoms with Gasteiger partial charge in [0.05, 0.1) is 17.7 Å². The third kappa shape index (κ3) is 7.98. The van der Waals surface area contributed by atoms with Crippen LogP contribution in [0.25, 0.3) is 0 Å². The zero-order valence-corrected chi connectivity index (χ0v) is 24.7. The van der Waals surface area contributed by atoms with Crippen LogP contribution in [0.5, 0.6) is 57.5 Å². The zero-order chi connectivity index (χ0) is 35.1. The standard InChI is InChI=1S/C34H28O14/c35-7-1-2-19(8-17-3-5-29(23(37)10-17)47-33(45)20-12-25(39)31(43)26(40)13-20)22(16-36)9-18-4-6-30(24(38)11-18)48-34(46)21-14-27(41)32(44)28(42)15-21/h3-6,10-15,35-44H,7-9,16H2/b22-19-. The number of aromatic hydroxyl groups is 8. The Kier molecular flexibility index (Phi) is 10.5. The number of aliphatic hydroxyl groups excluding tert-OH is 2. The van der Waals surface area contributed by atoms with Gasteiger partial charge in [-0.05, 0) is 71.7 Å². The highest BCUT2D eigenvalue weighted by Gasteiger charge is 2.19. The van der Waals surface area contributed by atoms with Gasteiger partial charge in [-0.2, -0.15) is 0 Å². The molecule has 0 fully saturated rings. The Labute approximate surface area is 271 Å². The smallest absolute Gasteiger partial charge is 0.343 e. The van der Waals surface area contributed by atoms with Crippen LogP contribution in [0.4, 0.5) is 0 Å². The predicted molar refractivity (Wildman–Crippen MR) is 165 cm³/mol. The topological polar surface area (TPSA) is 255 Å². The van der Waals surface area contributed by atoms with E-state index in [0.29, 0.717) is 22.3 Å². The Bertz CT molecular complexity index is 1940. The monoisotopic (exact) mass is 660 g/mol. The number of allylic oxidation sites excluding steroid dienone is 1. The first-order valence-electron chi connectivity index (χ1n) is 13.8. The number of ether oxygens (including phenoxy) is 2. The van der Waals surface area contributed by atoms with Gasteiger partial charge in [0.1, 0.15) is 6.61 Å². The number of benzene rings is 4. The normalized spacial score (nSPS) is 11.2. The molecule has 0 aliphatic carbocycles. The summed E-state index contributed by atoms with van der Waals surface area (Å²) in [4.78, 5) is 24.9. The van der Waals surface area contributed by atoms with Crippen molar-refractivity contribution in [2.75, 3.05) is 13.2 Å². The fraction of sp³-hybridized carbons (Fsp3) is 0.118. The minimum absolute atomic E-state index is 0.0401. The molecule has 0 atom stereocenters. The Morgan fingerprint density at radius 2 is 0.979 bits per heavy atom. The first-order chi connectivity index (χ1) is 22.8. The predicted octanol–water partition coefficient (Wildman–Crippen LogP) is 2.84. The molecule has 0 amide bonds. The van der Waals surface area contributed by atoms with Crippen molar-refractivity contribution in [1.82, 2.24) is 0 Å². The van der Waals surface area contributed by atoms with E-state index in [1.165, 1.54) is 36.4 Å². The molecular formula is C34H28O14. The van der Waals surface area contributed by atoms with E-state index in [4.69, 9.17) is 9.47 Å². The maximum atomic E-state index is 12.5. The summed E-state index contributed by atoms with van der Waals surface area (Å²) in [7, 11) is 0. The largest absolute Gasteiger partial charge is 0.504 e. The summed E-state index contributed by atoms with van der Waals surface area (Å²) in [6.45, 7) is -0.989. The molecule has 10 N–H and O–H groups in total. The third-order valence-corrected chi connectivity index (χ3v) is 6.80. The number of carbonyl (C=O) groups is 2. The lowest BCUT2D eigenvalue weighted by Gasteiger charge is -2.13. The van der Waals surface area contributed by atoms with Crippen LogP contribution in [0.2, 0.25) is 0 Å². The minimum Gasteiger partial charge on any atom is -0.504 e. The SMILES string of the molecule is O=C(Oc1ccc(C/C(C#CCO)=C(\CO)Cc2ccc(OC(=O)c3cc(O)c(O)c(O)c3)c(O)c2)cc1O)c1cc(O)c(O)c(O)c1. The molecule has 248 valence electrons. The molecule has 0 radical (unpaired) electrons. The Hall–Kier alpha value is -6.56. The molecule has 0 unspecified atom stereocenters. The van der Waals surface area contributed by atoms with Crippen molar-refractivity contribution in [1.29, 1.82) is 0 Å². The number of aliphatic hydroxyl groups is 2. The van der Waals surface area contributed by atoms with Crippen LogP contribution >= 0.6 is 0 Å². The van der Waals surface area contributed by atoms with E-state index in [0.717, 1.165) is 24.3 Å². The van der Waals surface area contributed by atoms with Gasteiger partial charge in [-0.1, -0.05) is 24.0 Å². The van der Waals surface area contributed by atoms with Gasteiger partial charge >= 0.3 is 11.9 Å². The fourth-order valence-corrected chi connectivity index (χ4v) is 4.39. The van der Waals surface area contributed by atoms with Crippen molar-refractivity contribution in [2.45, 2.75) is 12.8 Å². The van der Waals surface area contributed by atoms with E-state index in [1.54, 1.807) is 0 Å². The molecule has 0 saturated carbocycles. The molecule has 4 aromatic carbocycles. The van der Waals surface area contributed by atoms with Gasteiger partial charge in [0, 0.05) is 12.0 Å². The highest BCUT2D eigenvalue weighted by atomic mass is 16.5. The number of carbonyl (C=O) groups excluding carboxylic acids is 2. The highest BCUT2D eigenvalue weighted by molar-refractivity contribution is 5.93. The van der Waals surface area contributed by atoms with E-state index in [-0.39, 0.29) is 35.5 Å². The molecule has 14 heteroatoms. The minimum atomic E-state index is -1.05. The molecule has 0 aliphatic rings. The number of hydrogen-bond acceptors (Lipinski definition) is 14. The van der Waals surface area contributed by atoms with Gasteiger partial charge in [0.25, 0.3) is 0 Å². The van der Waals surface area contributed by atoms with E-state index < -0.39 is 71.1 Å². The maximum absolute atomic E-state index is 12.5. The van der Waals surface area contributed by atoms with E-state index in [2.05, 4.69) is 11.8 Å². The summed E-state index contributed by atoms with van der Waals surface area (Å²) in [5.74, 6) is -2.93. The van der Waals surface area contributed by atoms with Gasteiger partial charge in [0.2, 0.25) is 0 Å². The summed E-state index contributed by atoms with van der Waals surface area (Å²) in [6, 6.07) is 11.5. The summed E-state index contributed by atoms with van der Waals surface area (Å²) < 4.78 is 10.3. The lowest BCUT2D eigenvalue weighted by Crippen LogP contribution is -2.09. The van der Waals surface area contributed by atoms with Crippen molar-refractivity contribution >= 4 is 11.9 Å². The molecule has 0 spiro atoms. The fourth-order valence-electron chi connectivity index (χ4n) is 4.39. The summed E-state index contributed by atoms with van der Waals surface area (Å²) in [6.07, 6.45) is 0.0832. The van der Waals surface area contributed by atoms with Gasteiger partial charge in [-0.3, -0.25) is 0 Å². The third-order valence-electron chi connectivity index (χ3n) is 6.80. The van der Waals surface area contributed by atoms with Gasteiger partial charge < -0.3 is 60.5 Å². The first kappa shape index (κ1) is 34.3. The summed E-state index contributed by atoms with van der Waals surface area (Å²) in [5, 5.41) is 98.0. The Morgan fingerprint density at radius 3 is 1.35 bits per heavy atom. The van der Waals surface area contributed by atoms with Crippen LogP contribution in [0.1, 0.15) is 31.8 Å². The lowest BCUT2D eigenvalue weighted by molar-refractivity contribution is 0.0720. The number of phenolic OH excluding ortho intramolecular Hbond substituents is 8. The summed E-state index contributed by atoms with van der Waals surface area (Å²) in [5.41, 5.74) is 1.02. The van der Waals surface area contributed by atoms with Crippen LogP contribution in [0, 0.1) is 11.8 Å². The molecule has 4 aromatic rings. The molecule has 14 nitrogen and oxygen atoms in total. The van der Waals surface area contributed by atoms with Crippen molar-refractivity contribution < 1.29 is 70.1 Å². The average Bonchev–Trinajstić information content (AvgIpc) is 3.05. The first-order valence-corrected chi connectivity index (χ1v) is 13.8. The second-order valence-corrected chi connectivity index (χ2v) is 10.2. The molecule has 0 aliphatic heterocycles. The van der Waals surface area contributed by atoms with Crippen molar-refractivity contribution in [3.05, 3.63) is 94.1 Å². The van der Waals surface area contributed by atoms with Crippen LogP contribution in [0.15, 0.2) is 71.8 Å².